The second-order valence-corrected chi connectivity index (χ2v) is 43.1. The monoisotopic (exact) mass is 1950 g/mol. The Labute approximate surface area is 855 Å². The van der Waals surface area contributed by atoms with Crippen LogP contribution in [0.2, 0.25) is 0 Å². The van der Waals surface area contributed by atoms with Gasteiger partial charge in [0, 0.05) is 90.6 Å². The summed E-state index contributed by atoms with van der Waals surface area (Å²) in [5.74, 6) is 1.53. The fraction of sp³-hybridized carbons (Fsp3) is 0.349. The van der Waals surface area contributed by atoms with Crippen LogP contribution >= 0.6 is 0 Å². The molecule has 0 heterocycles. The minimum Gasteiger partial charge on any atom is -0.497 e. The van der Waals surface area contributed by atoms with Crippen molar-refractivity contribution in [1.82, 2.24) is 0 Å². The quantitative estimate of drug-likeness (QED) is 0.0248. The van der Waals surface area contributed by atoms with E-state index in [1.165, 1.54) is 78.9 Å². The number of rotatable bonds is 28. The highest BCUT2D eigenvalue weighted by molar-refractivity contribution is 6.02. The van der Waals surface area contributed by atoms with Crippen LogP contribution in [0.5, 0.6) is 11.5 Å². The number of hydrogen-bond acceptors (Lipinski definition) is 9. The molecule has 0 fully saturated rings. The first-order chi connectivity index (χ1) is 67.8. The van der Waals surface area contributed by atoms with Crippen LogP contribution in [-0.2, 0) is 106 Å². The summed E-state index contributed by atoms with van der Waals surface area (Å²) >= 11 is 0. The van der Waals surface area contributed by atoms with E-state index in [1.54, 1.807) is 7.11 Å². The molecule has 6 amide bonds. The van der Waals surface area contributed by atoms with Gasteiger partial charge in [-0.3, -0.25) is 28.8 Å². The molecule has 0 radical (unpaired) electrons. The number of nitrogens with two attached hydrogens (primary N) is 1. The maximum Gasteiger partial charge on any atom is 0.416 e. The number of aryl methyl sites for hydroxylation is 10. The van der Waals surface area contributed by atoms with Crippen molar-refractivity contribution >= 4 is 80.3 Å². The van der Waals surface area contributed by atoms with Crippen molar-refractivity contribution in [3.63, 3.8) is 0 Å². The molecule has 0 atom stereocenters. The van der Waals surface area contributed by atoms with E-state index in [0.29, 0.717) is 57.4 Å². The Balaban J connectivity index is 0.000000211. The molecular formula is C126H154F3N7O8. The van der Waals surface area contributed by atoms with Gasteiger partial charge in [-0.25, -0.2) is 0 Å². The molecule has 0 saturated heterocycles. The Morgan fingerprint density at radius 2 is 0.576 bits per heavy atom. The van der Waals surface area contributed by atoms with Crippen molar-refractivity contribution in [1.29, 1.82) is 0 Å². The first kappa shape index (κ1) is 116. The second kappa shape index (κ2) is 54.1. The zero-order valence-electron chi connectivity index (χ0n) is 89.2. The van der Waals surface area contributed by atoms with Gasteiger partial charge in [0.25, 0.3) is 0 Å². The first-order valence-corrected chi connectivity index (χ1v) is 50.0. The molecule has 18 heteroatoms. The van der Waals surface area contributed by atoms with Crippen molar-refractivity contribution in [3.8, 4) is 11.5 Å². The van der Waals surface area contributed by atoms with E-state index in [1.807, 2.05) is 155 Å². The Bertz CT molecular complexity index is 6250. The molecule has 0 aliphatic carbocycles. The van der Waals surface area contributed by atoms with Gasteiger partial charge in [-0.15, -0.1) is 0 Å². The van der Waals surface area contributed by atoms with Crippen LogP contribution in [0, 0.1) is 27.7 Å². The maximum atomic E-state index is 12.5. The van der Waals surface area contributed by atoms with Crippen molar-refractivity contribution in [2.45, 2.75) is 268 Å². The number of ether oxygens (including phenoxy) is 2. The molecule has 762 valence electrons. The molecule has 0 unspecified atom stereocenters. The van der Waals surface area contributed by atoms with Crippen molar-refractivity contribution < 1.29 is 51.4 Å². The number of benzene rings is 13. The van der Waals surface area contributed by atoms with Gasteiger partial charge in [-0.05, 0) is 266 Å². The Morgan fingerprint density at radius 1 is 0.278 bits per heavy atom. The summed E-state index contributed by atoms with van der Waals surface area (Å²) in [5, 5.41) is 19.7. The molecular weight excluding hydrogens is 1800 g/mol. The number of amides is 6. The van der Waals surface area contributed by atoms with Gasteiger partial charge >= 0.3 is 6.18 Å². The average molecular weight is 1950 g/mol. The molecule has 0 bridgehead atoms. The SMILES string of the molecule is CC(C)(C)c1ccc(CCC(=O)Nc2ccc(C(F)(F)F)cc2)cc1.CC(C)(C)c1ccc(CCC(=O)Nc2cccc3ccccc23)cc1.COc1ccc(NC(=O)CCc2ccc(C(C)(C)C)cc2)c(C)c1.Cc1ccc(NC(=O)CCc2ccc(C(C)(C)C)cc2)cc1.Cc1ccc(NC(=O)CCc2ccc(C(C)(C)C)cc2)cc1OCCN.Cc1cccc(NC(=O)CCc2ccc(C(C)(C)C)cc2)c1. The van der Waals surface area contributed by atoms with Gasteiger partial charge in [-0.2, -0.15) is 13.2 Å². The van der Waals surface area contributed by atoms with Gasteiger partial charge in [0.15, 0.2) is 0 Å². The predicted octanol–water partition coefficient (Wildman–Crippen LogP) is 30.1. The van der Waals surface area contributed by atoms with E-state index in [2.05, 4.69) is 302 Å². The third-order valence-electron chi connectivity index (χ3n) is 24.5. The molecule has 0 aliphatic rings. The summed E-state index contributed by atoms with van der Waals surface area (Å²) in [6.07, 6.45) is 2.63. The number of methoxy groups -OCH3 is 1. The topological polar surface area (TPSA) is 219 Å². The van der Waals surface area contributed by atoms with E-state index in [-0.39, 0.29) is 74.4 Å². The van der Waals surface area contributed by atoms with Crippen LogP contribution in [0.15, 0.2) is 297 Å². The number of halogens is 3. The largest absolute Gasteiger partial charge is 0.497 e. The normalized spacial score (nSPS) is 11.4. The molecule has 15 nitrogen and oxygen atoms in total. The van der Waals surface area contributed by atoms with E-state index in [9.17, 15) is 41.9 Å². The van der Waals surface area contributed by atoms with Crippen molar-refractivity contribution in [3.05, 3.63) is 392 Å². The van der Waals surface area contributed by atoms with Crippen LogP contribution in [0.3, 0.4) is 0 Å². The third kappa shape index (κ3) is 41.0. The lowest BCUT2D eigenvalue weighted by molar-refractivity contribution is -0.137. The fourth-order valence-electron chi connectivity index (χ4n) is 15.2. The standard InChI is InChI=1S/C23H25NO.C22H30N2O2.C21H27NO2.C20H22F3NO.2C20H25NO/c1-23(2,3)19-14-11-17(12-15-19)13-16-22(25)24-21-10-6-8-18-7-4-5-9-20(18)21;1-16-5-11-19(15-20(16)26-14-13-23)24-21(25)12-8-17-6-9-18(10-7-17)22(2,3)4;1-15-14-18(24-5)11-12-19(15)22-20(23)13-8-16-6-9-17(10-7-16)21(2,3)4;1-19(2,3)15-7-4-14(5-8-15)6-13-18(25)24-17-11-9-16(10-12-17)20(21,22)23;1-15-5-12-18(13-6-15)21-19(22)14-9-16-7-10-17(11-8-16)20(2,3)4;1-15-6-5-7-18(14-15)21-19(22)13-10-16-8-11-17(12-9-16)20(2,3)4/h4-12,14-15H,13,16H2,1-3H3,(H,24,25);5-7,9-11,15H,8,12-14,23H2,1-4H3,(H,24,25);6-7,9-12,14H,8,13H2,1-5H3,(H,22,23);4-5,7-12H,6,13H2,1-3H3,(H,24,25);5-8,10-13H,9,14H2,1-4H3,(H,21,22);5-9,11-12,14H,10,13H2,1-4H3,(H,21,22). The summed E-state index contributed by atoms with van der Waals surface area (Å²) in [7, 11) is 1.64. The van der Waals surface area contributed by atoms with Crippen LogP contribution in [-0.4, -0.2) is 55.7 Å². The second-order valence-electron chi connectivity index (χ2n) is 43.1. The van der Waals surface area contributed by atoms with Crippen LogP contribution in [0.1, 0.15) is 258 Å². The smallest absolute Gasteiger partial charge is 0.416 e. The molecule has 13 rings (SSSR count). The number of anilines is 6. The summed E-state index contributed by atoms with van der Waals surface area (Å²) in [6, 6.07) is 96.5. The van der Waals surface area contributed by atoms with Gasteiger partial charge in [0.1, 0.15) is 18.1 Å². The summed E-state index contributed by atoms with van der Waals surface area (Å²) in [5.41, 5.74) is 29.3. The van der Waals surface area contributed by atoms with Crippen LogP contribution < -0.4 is 47.1 Å². The highest BCUT2D eigenvalue weighted by Crippen LogP contribution is 2.34. The third-order valence-corrected chi connectivity index (χ3v) is 24.5. The molecule has 0 spiro atoms. The van der Waals surface area contributed by atoms with E-state index >= 15 is 0 Å². The summed E-state index contributed by atoms with van der Waals surface area (Å²) < 4.78 is 48.3. The number of carbonyl (C=O) groups excluding carboxylic acids is 6. The van der Waals surface area contributed by atoms with E-state index in [4.69, 9.17) is 15.2 Å². The summed E-state index contributed by atoms with van der Waals surface area (Å²) in [4.78, 5) is 72.7. The molecule has 13 aromatic rings. The Morgan fingerprint density at radius 3 is 0.903 bits per heavy atom. The lowest BCUT2D eigenvalue weighted by Gasteiger charge is -2.19. The van der Waals surface area contributed by atoms with E-state index < -0.39 is 11.7 Å². The molecule has 0 aromatic heterocycles. The molecule has 0 saturated carbocycles. The number of nitrogens with one attached hydrogen (secondary N) is 6. The lowest BCUT2D eigenvalue weighted by Crippen LogP contribution is -2.14. The molecule has 0 aliphatic heterocycles. The minimum absolute atomic E-state index is 0.00136. The lowest BCUT2D eigenvalue weighted by atomic mass is 9.86. The zero-order chi connectivity index (χ0) is 106. The molecule has 8 N–H and O–H groups in total. The van der Waals surface area contributed by atoms with E-state index in [0.717, 1.165) is 117 Å². The number of fused-ring (bicyclic) bond motifs is 1. The highest BCUT2D eigenvalue weighted by atomic mass is 19.4. The first-order valence-electron chi connectivity index (χ1n) is 50.0. The van der Waals surface area contributed by atoms with Crippen LogP contribution in [0.25, 0.3) is 10.8 Å². The van der Waals surface area contributed by atoms with Crippen molar-refractivity contribution in [2.24, 2.45) is 5.73 Å². The predicted molar refractivity (Wildman–Crippen MR) is 594 cm³/mol. The van der Waals surface area contributed by atoms with Gasteiger partial charge in [-0.1, -0.05) is 343 Å². The minimum atomic E-state index is -4.37. The van der Waals surface area contributed by atoms with Gasteiger partial charge in [0.05, 0.1) is 12.7 Å². The molecule has 144 heavy (non-hydrogen) atoms. The Hall–Kier alpha value is -13.7. The fourth-order valence-corrected chi connectivity index (χ4v) is 15.2. The highest BCUT2D eigenvalue weighted by Gasteiger charge is 2.30. The van der Waals surface area contributed by atoms with Crippen LogP contribution in [0.4, 0.5) is 47.3 Å². The number of alkyl halides is 3. The van der Waals surface area contributed by atoms with Gasteiger partial charge in [0.2, 0.25) is 35.4 Å². The number of hydrogen-bond donors (Lipinski definition) is 7. The van der Waals surface area contributed by atoms with Crippen molar-refractivity contribution in [2.75, 3.05) is 52.2 Å². The average Bonchev–Trinajstić information content (AvgIpc) is 0.821. The van der Waals surface area contributed by atoms with Gasteiger partial charge < -0.3 is 47.1 Å². The maximum absolute atomic E-state index is 12.5. The zero-order valence-corrected chi connectivity index (χ0v) is 89.2. The molecule has 13 aromatic carbocycles. The number of carbonyl (C=O) groups is 6. The Kier molecular flexibility index (Phi) is 43.4. The summed E-state index contributed by atoms with van der Waals surface area (Å²) in [6.45, 7) is 48.4.